The summed E-state index contributed by atoms with van der Waals surface area (Å²) in [6.45, 7) is 0.404. The van der Waals surface area contributed by atoms with Gasteiger partial charge < -0.3 is 5.11 Å². The Morgan fingerprint density at radius 2 is 2.15 bits per heavy atom. The molecule has 1 aliphatic carbocycles. The van der Waals surface area contributed by atoms with Crippen molar-refractivity contribution in [1.29, 1.82) is 0 Å². The third-order valence-electron chi connectivity index (χ3n) is 3.41. The molecule has 1 saturated carbocycles. The zero-order valence-corrected chi connectivity index (χ0v) is 11.1. The van der Waals surface area contributed by atoms with Crippen molar-refractivity contribution in [3.63, 3.8) is 0 Å². The van der Waals surface area contributed by atoms with Crippen molar-refractivity contribution in [2.75, 3.05) is 6.61 Å². The predicted octanol–water partition coefficient (Wildman–Crippen LogP) is 1.38. The topological polar surface area (TPSA) is 47.2 Å². The van der Waals surface area contributed by atoms with E-state index in [0.717, 1.165) is 24.0 Å². The van der Waals surface area contributed by atoms with Gasteiger partial charge in [-0.15, -0.1) is 0 Å². The number of nitrogens with zero attached hydrogens (tertiary/aromatic N) is 2. The molecular weight excluding hydrogens is 252 g/mol. The van der Waals surface area contributed by atoms with Crippen LogP contribution in [0.3, 0.4) is 0 Å². The molecule has 0 aliphatic heterocycles. The van der Waals surface area contributed by atoms with Gasteiger partial charge in [-0.2, -0.15) is 0 Å². The molecule has 3 rings (SSSR count). The zero-order valence-electron chi connectivity index (χ0n) is 11.1. The highest BCUT2D eigenvalue weighted by Gasteiger charge is 2.25. The number of imidazole rings is 1. The van der Waals surface area contributed by atoms with Gasteiger partial charge in [-0.25, -0.2) is 4.79 Å². The van der Waals surface area contributed by atoms with Crippen LogP contribution in [0.2, 0.25) is 0 Å². The second-order valence-electron chi connectivity index (χ2n) is 5.01. The molecule has 0 amide bonds. The summed E-state index contributed by atoms with van der Waals surface area (Å²) in [6, 6.07) is 8.14. The maximum Gasteiger partial charge on any atom is 0.328 e. The Bertz CT molecular complexity index is 727. The van der Waals surface area contributed by atoms with Crippen LogP contribution in [0.4, 0.5) is 0 Å². The Labute approximate surface area is 117 Å². The first-order chi connectivity index (χ1) is 9.78. The minimum Gasteiger partial charge on any atom is -0.384 e. The van der Waals surface area contributed by atoms with E-state index in [2.05, 4.69) is 11.8 Å². The highest BCUT2D eigenvalue weighted by atomic mass is 16.2. The van der Waals surface area contributed by atoms with E-state index in [4.69, 9.17) is 5.11 Å². The van der Waals surface area contributed by atoms with Crippen LogP contribution in [0, 0.1) is 11.8 Å². The highest BCUT2D eigenvalue weighted by molar-refractivity contribution is 5.37. The van der Waals surface area contributed by atoms with E-state index in [9.17, 15) is 4.79 Å². The smallest absolute Gasteiger partial charge is 0.328 e. The summed E-state index contributed by atoms with van der Waals surface area (Å²) >= 11 is 0. The van der Waals surface area contributed by atoms with Gasteiger partial charge in [0, 0.05) is 24.0 Å². The normalized spacial score (nSPS) is 13.8. The Kier molecular flexibility index (Phi) is 3.44. The average Bonchev–Trinajstić information content (AvgIpc) is 3.24. The molecule has 1 heterocycles. The van der Waals surface area contributed by atoms with Crippen molar-refractivity contribution < 1.29 is 5.11 Å². The fourth-order valence-corrected chi connectivity index (χ4v) is 2.26. The third-order valence-corrected chi connectivity index (χ3v) is 3.41. The Balaban J connectivity index is 1.82. The van der Waals surface area contributed by atoms with Gasteiger partial charge in [0.05, 0.1) is 6.54 Å². The number of rotatable bonds is 3. The number of hydrogen-bond acceptors (Lipinski definition) is 2. The van der Waals surface area contributed by atoms with Crippen molar-refractivity contribution in [2.24, 2.45) is 0 Å². The first-order valence-corrected chi connectivity index (χ1v) is 6.74. The van der Waals surface area contributed by atoms with Crippen molar-refractivity contribution in [3.8, 4) is 11.8 Å². The van der Waals surface area contributed by atoms with Crippen molar-refractivity contribution in [3.05, 3.63) is 58.3 Å². The summed E-state index contributed by atoms with van der Waals surface area (Å²) in [5.74, 6) is 5.50. The summed E-state index contributed by atoms with van der Waals surface area (Å²) < 4.78 is 3.53. The summed E-state index contributed by atoms with van der Waals surface area (Å²) in [4.78, 5) is 12.2. The lowest BCUT2D eigenvalue weighted by Gasteiger charge is -2.03. The van der Waals surface area contributed by atoms with Crippen LogP contribution < -0.4 is 5.69 Å². The molecule has 2 aromatic rings. The van der Waals surface area contributed by atoms with Gasteiger partial charge in [0.1, 0.15) is 6.61 Å². The van der Waals surface area contributed by atoms with E-state index in [1.165, 1.54) is 0 Å². The average molecular weight is 268 g/mol. The largest absolute Gasteiger partial charge is 0.384 e. The lowest BCUT2D eigenvalue weighted by Crippen LogP contribution is -2.23. The first-order valence-electron chi connectivity index (χ1n) is 6.74. The number of hydrogen-bond donors (Lipinski definition) is 1. The van der Waals surface area contributed by atoms with Gasteiger partial charge >= 0.3 is 5.69 Å². The molecule has 1 aromatic carbocycles. The molecule has 4 heteroatoms. The standard InChI is InChI=1S/C16H16N2O2/c19-10-2-5-13-3-1-4-14(11-13)12-17-8-9-18(16(17)20)15-6-7-15/h1,3-4,8-9,11,15,19H,6-7,10,12H2. The quantitative estimate of drug-likeness (QED) is 0.855. The number of aliphatic hydroxyl groups is 1. The van der Waals surface area contributed by atoms with Crippen LogP contribution in [0.5, 0.6) is 0 Å². The van der Waals surface area contributed by atoms with Crippen LogP contribution in [0.1, 0.15) is 30.0 Å². The molecule has 4 nitrogen and oxygen atoms in total. The molecule has 0 bridgehead atoms. The van der Waals surface area contributed by atoms with Gasteiger partial charge in [-0.3, -0.25) is 9.13 Å². The maximum atomic E-state index is 12.2. The fourth-order valence-electron chi connectivity index (χ4n) is 2.26. The van der Waals surface area contributed by atoms with Crippen molar-refractivity contribution in [2.45, 2.75) is 25.4 Å². The monoisotopic (exact) mass is 268 g/mol. The lowest BCUT2D eigenvalue weighted by atomic mass is 10.1. The minimum absolute atomic E-state index is 0.0549. The molecule has 1 fully saturated rings. The maximum absolute atomic E-state index is 12.2. The fraction of sp³-hybridized carbons (Fsp3) is 0.312. The summed E-state index contributed by atoms with van der Waals surface area (Å²) in [6.07, 6.45) is 5.93. The molecule has 0 spiro atoms. The van der Waals surface area contributed by atoms with Crippen LogP contribution in [-0.4, -0.2) is 20.8 Å². The molecular formula is C16H16N2O2. The molecule has 20 heavy (non-hydrogen) atoms. The second kappa shape index (κ2) is 5.40. The van der Waals surface area contributed by atoms with E-state index in [-0.39, 0.29) is 12.3 Å². The molecule has 1 aromatic heterocycles. The highest BCUT2D eigenvalue weighted by Crippen LogP contribution is 2.33. The molecule has 0 radical (unpaired) electrons. The molecule has 0 saturated heterocycles. The Morgan fingerprint density at radius 1 is 1.30 bits per heavy atom. The first kappa shape index (κ1) is 12.8. The Morgan fingerprint density at radius 3 is 2.90 bits per heavy atom. The SMILES string of the molecule is O=c1n(Cc2cccc(C#CCO)c2)ccn1C1CC1. The van der Waals surface area contributed by atoms with E-state index in [1.54, 1.807) is 4.57 Å². The molecule has 1 N–H and O–H groups in total. The Hall–Kier alpha value is -2.25. The van der Waals surface area contributed by atoms with Crippen LogP contribution in [-0.2, 0) is 6.54 Å². The summed E-state index contributed by atoms with van der Waals surface area (Å²) in [7, 11) is 0. The predicted molar refractivity (Wildman–Crippen MR) is 76.5 cm³/mol. The van der Waals surface area contributed by atoms with E-state index >= 15 is 0 Å². The lowest BCUT2D eigenvalue weighted by molar-refractivity contribution is 0.350. The number of benzene rings is 1. The van der Waals surface area contributed by atoms with Crippen LogP contribution in [0.15, 0.2) is 41.5 Å². The van der Waals surface area contributed by atoms with Crippen LogP contribution >= 0.6 is 0 Å². The van der Waals surface area contributed by atoms with Gasteiger partial charge in [-0.1, -0.05) is 24.0 Å². The van der Waals surface area contributed by atoms with Crippen LogP contribution in [0.25, 0.3) is 0 Å². The summed E-state index contributed by atoms with van der Waals surface area (Å²) in [5.41, 5.74) is 1.94. The molecule has 1 aliphatic rings. The van der Waals surface area contributed by atoms with Gasteiger partial charge in [-0.05, 0) is 30.5 Å². The zero-order chi connectivity index (χ0) is 13.9. The van der Waals surface area contributed by atoms with E-state index < -0.39 is 0 Å². The molecule has 0 atom stereocenters. The number of aliphatic hydroxyl groups excluding tert-OH is 1. The summed E-state index contributed by atoms with van der Waals surface area (Å²) in [5, 5.41) is 8.71. The minimum atomic E-state index is -0.145. The van der Waals surface area contributed by atoms with E-state index in [1.807, 2.05) is 41.2 Å². The molecule has 0 unspecified atom stereocenters. The van der Waals surface area contributed by atoms with E-state index in [0.29, 0.717) is 12.6 Å². The number of aromatic nitrogens is 2. The third kappa shape index (κ3) is 2.68. The van der Waals surface area contributed by atoms with Gasteiger partial charge in [0.2, 0.25) is 0 Å². The van der Waals surface area contributed by atoms with Crippen molar-refractivity contribution >= 4 is 0 Å². The van der Waals surface area contributed by atoms with Crippen molar-refractivity contribution in [1.82, 2.24) is 9.13 Å². The molecule has 102 valence electrons. The van der Waals surface area contributed by atoms with Gasteiger partial charge in [0.25, 0.3) is 0 Å². The van der Waals surface area contributed by atoms with Gasteiger partial charge in [0.15, 0.2) is 0 Å². The second-order valence-corrected chi connectivity index (χ2v) is 5.01.